The maximum Gasteiger partial charge on any atom is 0.262 e. The predicted molar refractivity (Wildman–Crippen MR) is 107 cm³/mol. The van der Waals surface area contributed by atoms with Crippen LogP contribution in [0.4, 0.5) is 5.69 Å². The normalized spacial score (nSPS) is 23.5. The van der Waals surface area contributed by atoms with Crippen LogP contribution in [-0.4, -0.2) is 62.2 Å². The van der Waals surface area contributed by atoms with Gasteiger partial charge in [0.25, 0.3) is 5.91 Å². The number of rotatable bonds is 3. The van der Waals surface area contributed by atoms with Gasteiger partial charge in [0.1, 0.15) is 5.75 Å². The minimum Gasteiger partial charge on any atom is -0.482 e. The predicted octanol–water partition coefficient (Wildman–Crippen LogP) is 1.82. The fourth-order valence-electron chi connectivity index (χ4n) is 4.28. The molecular weight excluding hydrogens is 394 g/mol. The monoisotopic (exact) mass is 421 g/mol. The number of fused-ring (bicyclic) bond motifs is 1. The summed E-state index contributed by atoms with van der Waals surface area (Å²) in [4.78, 5) is 26.5. The second-order valence-electron chi connectivity index (χ2n) is 7.94. The number of benzene rings is 1. The number of ether oxygens (including phenoxy) is 1. The number of likely N-dealkylation sites (tertiary alicyclic amines) is 1. The number of hydrogen-bond acceptors (Lipinski definition) is 5. The molecule has 3 heterocycles. The van der Waals surface area contributed by atoms with E-state index >= 15 is 0 Å². The maximum atomic E-state index is 13.2. The van der Waals surface area contributed by atoms with Gasteiger partial charge >= 0.3 is 0 Å². The molecule has 0 radical (unpaired) electrons. The smallest absolute Gasteiger partial charge is 0.262 e. The minimum absolute atomic E-state index is 0.0779. The molecule has 4 rings (SSSR count). The fourth-order valence-corrected chi connectivity index (χ4v) is 5.83. The molecule has 9 heteroatoms. The van der Waals surface area contributed by atoms with Crippen molar-refractivity contribution in [1.29, 1.82) is 0 Å². The Balaban J connectivity index is 1.50. The van der Waals surface area contributed by atoms with E-state index in [0.29, 0.717) is 24.4 Å². The SMILES string of the molecule is O=C1COc2ccc(S(=O)(=O)N3CCCC(C(=O)N4CCCCCC4)C3)cc2N1. The van der Waals surface area contributed by atoms with Gasteiger partial charge in [-0.15, -0.1) is 0 Å². The summed E-state index contributed by atoms with van der Waals surface area (Å²) in [6.45, 7) is 2.06. The van der Waals surface area contributed by atoms with E-state index in [1.165, 1.54) is 16.4 Å². The van der Waals surface area contributed by atoms with Crippen LogP contribution in [0.2, 0.25) is 0 Å². The van der Waals surface area contributed by atoms with Crippen LogP contribution in [0, 0.1) is 5.92 Å². The number of hydrogen-bond donors (Lipinski definition) is 1. The maximum absolute atomic E-state index is 13.2. The lowest BCUT2D eigenvalue weighted by Gasteiger charge is -2.34. The molecule has 1 aromatic rings. The third kappa shape index (κ3) is 4.25. The third-order valence-corrected chi connectivity index (χ3v) is 7.73. The molecule has 158 valence electrons. The zero-order valence-electron chi connectivity index (χ0n) is 16.4. The van der Waals surface area contributed by atoms with Crippen LogP contribution in [0.3, 0.4) is 0 Å². The van der Waals surface area contributed by atoms with Crippen molar-refractivity contribution in [1.82, 2.24) is 9.21 Å². The van der Waals surface area contributed by atoms with Crippen LogP contribution in [-0.2, 0) is 19.6 Å². The molecule has 2 amide bonds. The summed E-state index contributed by atoms with van der Waals surface area (Å²) >= 11 is 0. The Bertz CT molecular complexity index is 893. The van der Waals surface area contributed by atoms with E-state index in [-0.39, 0.29) is 35.8 Å². The minimum atomic E-state index is -3.76. The van der Waals surface area contributed by atoms with Crippen LogP contribution in [0.5, 0.6) is 5.75 Å². The summed E-state index contributed by atoms with van der Waals surface area (Å²) in [6.07, 6.45) is 5.71. The second kappa shape index (κ2) is 8.31. The van der Waals surface area contributed by atoms with Crippen LogP contribution in [0.1, 0.15) is 38.5 Å². The van der Waals surface area contributed by atoms with Gasteiger partial charge in [-0.3, -0.25) is 9.59 Å². The van der Waals surface area contributed by atoms with Crippen molar-refractivity contribution in [2.24, 2.45) is 5.92 Å². The number of piperidine rings is 1. The Morgan fingerprint density at radius 2 is 1.83 bits per heavy atom. The molecule has 1 aromatic carbocycles. The lowest BCUT2D eigenvalue weighted by Crippen LogP contribution is -2.47. The second-order valence-corrected chi connectivity index (χ2v) is 9.87. The summed E-state index contributed by atoms with van der Waals surface area (Å²) in [5.41, 5.74) is 0.358. The largest absolute Gasteiger partial charge is 0.482 e. The average molecular weight is 422 g/mol. The first-order valence-corrected chi connectivity index (χ1v) is 11.7. The summed E-state index contributed by atoms with van der Waals surface area (Å²) < 4.78 is 33.1. The lowest BCUT2D eigenvalue weighted by atomic mass is 9.98. The fraction of sp³-hybridized carbons (Fsp3) is 0.600. The molecule has 1 unspecified atom stereocenters. The van der Waals surface area contributed by atoms with E-state index in [1.54, 1.807) is 6.07 Å². The first-order valence-electron chi connectivity index (χ1n) is 10.3. The number of sulfonamides is 1. The molecule has 3 aliphatic heterocycles. The van der Waals surface area contributed by atoms with E-state index in [9.17, 15) is 18.0 Å². The highest BCUT2D eigenvalue weighted by Crippen LogP contribution is 2.32. The van der Waals surface area contributed by atoms with Crippen LogP contribution in [0.25, 0.3) is 0 Å². The molecule has 29 heavy (non-hydrogen) atoms. The van der Waals surface area contributed by atoms with Gasteiger partial charge in [-0.25, -0.2) is 8.42 Å². The van der Waals surface area contributed by atoms with Gasteiger partial charge in [0.2, 0.25) is 15.9 Å². The number of amides is 2. The molecule has 8 nitrogen and oxygen atoms in total. The van der Waals surface area contributed by atoms with Gasteiger partial charge in [0.05, 0.1) is 16.5 Å². The van der Waals surface area contributed by atoms with Crippen molar-refractivity contribution in [3.8, 4) is 5.75 Å². The Labute approximate surface area is 171 Å². The molecule has 0 saturated carbocycles. The highest BCUT2D eigenvalue weighted by atomic mass is 32.2. The van der Waals surface area contributed by atoms with E-state index in [4.69, 9.17) is 4.74 Å². The van der Waals surface area contributed by atoms with E-state index in [2.05, 4.69) is 5.32 Å². The van der Waals surface area contributed by atoms with Gasteiger partial charge in [0.15, 0.2) is 6.61 Å². The Hall–Kier alpha value is -2.13. The Kier molecular flexibility index (Phi) is 5.78. The van der Waals surface area contributed by atoms with Crippen molar-refractivity contribution in [3.05, 3.63) is 18.2 Å². The molecule has 1 N–H and O–H groups in total. The van der Waals surface area contributed by atoms with Gasteiger partial charge in [-0.2, -0.15) is 4.31 Å². The first kappa shape index (κ1) is 20.2. The van der Waals surface area contributed by atoms with Crippen LogP contribution >= 0.6 is 0 Å². The van der Waals surface area contributed by atoms with E-state index < -0.39 is 10.0 Å². The van der Waals surface area contributed by atoms with Crippen molar-refractivity contribution in [2.75, 3.05) is 38.1 Å². The van der Waals surface area contributed by atoms with Gasteiger partial charge < -0.3 is 15.0 Å². The molecule has 0 bridgehead atoms. The molecule has 1 atom stereocenters. The number of carbonyl (C=O) groups is 2. The topological polar surface area (TPSA) is 96.0 Å². The summed E-state index contributed by atoms with van der Waals surface area (Å²) in [5, 5.41) is 2.64. The summed E-state index contributed by atoms with van der Waals surface area (Å²) in [7, 11) is -3.76. The summed E-state index contributed by atoms with van der Waals surface area (Å²) in [6, 6.07) is 4.49. The zero-order chi connectivity index (χ0) is 20.4. The van der Waals surface area contributed by atoms with Crippen LogP contribution < -0.4 is 10.1 Å². The Morgan fingerprint density at radius 1 is 1.07 bits per heavy atom. The molecule has 2 saturated heterocycles. The standard InChI is InChI=1S/C20H27N3O5S/c24-19-14-28-18-8-7-16(12-17(18)21-19)29(26,27)23-11-5-6-15(13-23)20(25)22-9-3-1-2-4-10-22/h7-8,12,15H,1-6,9-11,13-14H2,(H,21,24). The summed E-state index contributed by atoms with van der Waals surface area (Å²) in [5.74, 6) is -0.0697. The molecule has 2 fully saturated rings. The van der Waals surface area contributed by atoms with Gasteiger partial charge in [0, 0.05) is 26.2 Å². The molecule has 0 aromatic heterocycles. The highest BCUT2D eigenvalue weighted by molar-refractivity contribution is 7.89. The third-order valence-electron chi connectivity index (χ3n) is 5.87. The van der Waals surface area contributed by atoms with Crippen molar-refractivity contribution >= 4 is 27.5 Å². The molecule has 0 spiro atoms. The number of carbonyl (C=O) groups excluding carboxylic acids is 2. The molecule has 0 aliphatic carbocycles. The first-order chi connectivity index (χ1) is 13.9. The van der Waals surface area contributed by atoms with Gasteiger partial charge in [-0.1, -0.05) is 12.8 Å². The molecule has 3 aliphatic rings. The van der Waals surface area contributed by atoms with Gasteiger partial charge in [-0.05, 0) is 43.9 Å². The highest BCUT2D eigenvalue weighted by Gasteiger charge is 2.35. The Morgan fingerprint density at radius 3 is 2.59 bits per heavy atom. The number of nitrogens with one attached hydrogen (secondary N) is 1. The van der Waals surface area contributed by atoms with Crippen molar-refractivity contribution in [3.63, 3.8) is 0 Å². The zero-order valence-corrected chi connectivity index (χ0v) is 17.2. The van der Waals surface area contributed by atoms with Crippen molar-refractivity contribution in [2.45, 2.75) is 43.4 Å². The molecular formula is C20H27N3O5S. The lowest BCUT2D eigenvalue weighted by molar-refractivity contribution is -0.136. The number of anilines is 1. The van der Waals surface area contributed by atoms with Crippen molar-refractivity contribution < 1.29 is 22.7 Å². The quantitative estimate of drug-likeness (QED) is 0.803. The van der Waals surface area contributed by atoms with E-state index in [1.807, 2.05) is 4.90 Å². The average Bonchev–Trinajstić information content (AvgIpc) is 3.02. The van der Waals surface area contributed by atoms with E-state index in [0.717, 1.165) is 45.2 Å². The van der Waals surface area contributed by atoms with Crippen LogP contribution in [0.15, 0.2) is 23.1 Å². The number of nitrogens with zero attached hydrogens (tertiary/aromatic N) is 2.